The molecule has 1 N–H and O–H groups in total. The molecule has 0 aliphatic heterocycles. The summed E-state index contributed by atoms with van der Waals surface area (Å²) in [5, 5.41) is 10.5. The van der Waals surface area contributed by atoms with E-state index < -0.39 is 11.9 Å². The molecule has 0 saturated heterocycles. The Balaban J connectivity index is 2.02. The molecular weight excluding hydrogens is 263 g/mol. The molecule has 1 aliphatic carbocycles. The number of hydrogen-bond donors (Lipinski definition) is 1. The van der Waals surface area contributed by atoms with Crippen LogP contribution >= 0.6 is 11.6 Å². The fourth-order valence-corrected chi connectivity index (χ4v) is 3.08. The van der Waals surface area contributed by atoms with Gasteiger partial charge in [-0.2, -0.15) is 0 Å². The third-order valence-corrected chi connectivity index (χ3v) is 4.11. The number of hydrogen-bond acceptors (Lipinski definition) is 1. The van der Waals surface area contributed by atoms with Crippen molar-refractivity contribution in [3.05, 3.63) is 46.3 Å². The van der Waals surface area contributed by atoms with E-state index in [4.69, 9.17) is 11.6 Å². The van der Waals surface area contributed by atoms with Crippen LogP contribution in [0, 0.1) is 17.7 Å². The van der Waals surface area contributed by atoms with E-state index in [1.165, 1.54) is 11.6 Å². The second-order valence-corrected chi connectivity index (χ2v) is 6.12. The number of aliphatic hydroxyl groups excluding tert-OH is 1. The van der Waals surface area contributed by atoms with Crippen molar-refractivity contribution in [2.45, 2.75) is 39.2 Å². The van der Waals surface area contributed by atoms with Gasteiger partial charge in [0.05, 0.1) is 11.1 Å². The van der Waals surface area contributed by atoms with Gasteiger partial charge in [-0.1, -0.05) is 36.2 Å². The van der Waals surface area contributed by atoms with Crippen molar-refractivity contribution in [1.82, 2.24) is 0 Å². The zero-order valence-corrected chi connectivity index (χ0v) is 12.1. The molecule has 0 bridgehead atoms. The zero-order valence-electron chi connectivity index (χ0n) is 11.4. The molecule has 0 radical (unpaired) electrons. The van der Waals surface area contributed by atoms with Gasteiger partial charge in [0.15, 0.2) is 0 Å². The Kier molecular flexibility index (Phi) is 4.64. The lowest BCUT2D eigenvalue weighted by Gasteiger charge is -2.29. The molecule has 3 atom stereocenters. The van der Waals surface area contributed by atoms with E-state index in [0.29, 0.717) is 12.3 Å². The highest BCUT2D eigenvalue weighted by molar-refractivity contribution is 6.30. The highest BCUT2D eigenvalue weighted by Crippen LogP contribution is 2.31. The molecule has 1 nitrogen and oxygen atoms in total. The molecule has 0 spiro atoms. The Morgan fingerprint density at radius 2 is 2.21 bits per heavy atom. The van der Waals surface area contributed by atoms with Crippen LogP contribution < -0.4 is 0 Å². The number of halogens is 2. The van der Waals surface area contributed by atoms with Gasteiger partial charge in [-0.25, -0.2) is 4.39 Å². The lowest BCUT2D eigenvalue weighted by atomic mass is 9.79. The molecule has 3 heteroatoms. The molecule has 19 heavy (non-hydrogen) atoms. The van der Waals surface area contributed by atoms with Crippen molar-refractivity contribution in [2.24, 2.45) is 11.8 Å². The van der Waals surface area contributed by atoms with Crippen LogP contribution in [0.15, 0.2) is 29.8 Å². The Hall–Kier alpha value is -0.860. The Bertz CT molecular complexity index is 484. The first-order valence-corrected chi connectivity index (χ1v) is 7.12. The highest BCUT2D eigenvalue weighted by atomic mass is 35.5. The topological polar surface area (TPSA) is 20.2 Å². The summed E-state index contributed by atoms with van der Waals surface area (Å²) in [4.78, 5) is 0. The van der Waals surface area contributed by atoms with Crippen LogP contribution in [0.2, 0.25) is 5.02 Å². The first-order chi connectivity index (χ1) is 8.95. The van der Waals surface area contributed by atoms with Crippen molar-refractivity contribution in [1.29, 1.82) is 0 Å². The minimum atomic E-state index is -0.424. The van der Waals surface area contributed by atoms with Crippen LogP contribution in [0.5, 0.6) is 0 Å². The van der Waals surface area contributed by atoms with Crippen LogP contribution in [-0.4, -0.2) is 11.2 Å². The van der Waals surface area contributed by atoms with Gasteiger partial charge in [0.25, 0.3) is 0 Å². The third kappa shape index (κ3) is 3.80. The summed E-state index contributed by atoms with van der Waals surface area (Å²) in [6.45, 7) is 4.28. The quantitative estimate of drug-likeness (QED) is 0.816. The first-order valence-electron chi connectivity index (χ1n) is 6.75. The van der Waals surface area contributed by atoms with Gasteiger partial charge in [0.2, 0.25) is 0 Å². The third-order valence-electron chi connectivity index (χ3n) is 3.80. The van der Waals surface area contributed by atoms with E-state index in [-0.39, 0.29) is 10.9 Å². The monoisotopic (exact) mass is 282 g/mol. The van der Waals surface area contributed by atoms with Crippen molar-refractivity contribution < 1.29 is 9.50 Å². The van der Waals surface area contributed by atoms with Gasteiger partial charge in [0.1, 0.15) is 5.82 Å². The summed E-state index contributed by atoms with van der Waals surface area (Å²) in [5.74, 6) is 0.355. The van der Waals surface area contributed by atoms with Crippen molar-refractivity contribution in [3.63, 3.8) is 0 Å². The Labute approximate surface area is 119 Å². The van der Waals surface area contributed by atoms with Crippen molar-refractivity contribution >= 4 is 11.6 Å². The molecule has 0 aromatic heterocycles. The molecule has 104 valence electrons. The normalized spacial score (nSPS) is 25.0. The number of allylic oxidation sites excluding steroid dienone is 2. The fourth-order valence-electron chi connectivity index (χ4n) is 2.96. The van der Waals surface area contributed by atoms with E-state index >= 15 is 0 Å². The summed E-state index contributed by atoms with van der Waals surface area (Å²) < 4.78 is 13.4. The minimum absolute atomic E-state index is 0.128. The Morgan fingerprint density at radius 3 is 2.84 bits per heavy atom. The van der Waals surface area contributed by atoms with Crippen LogP contribution in [0.25, 0.3) is 0 Å². The molecule has 2 rings (SSSR count). The fraction of sp³-hybridized carbons (Fsp3) is 0.500. The molecule has 0 saturated carbocycles. The second-order valence-electron chi connectivity index (χ2n) is 5.71. The summed E-state index contributed by atoms with van der Waals surface area (Å²) in [5.41, 5.74) is 2.14. The molecular formula is C16H20ClFO. The van der Waals surface area contributed by atoms with Gasteiger partial charge in [0, 0.05) is 0 Å². The average Bonchev–Trinajstić information content (AvgIpc) is 2.32. The molecule has 0 fully saturated rings. The predicted molar refractivity (Wildman–Crippen MR) is 76.8 cm³/mol. The van der Waals surface area contributed by atoms with E-state index in [0.717, 1.165) is 18.4 Å². The molecule has 1 aliphatic rings. The van der Waals surface area contributed by atoms with Gasteiger partial charge in [-0.05, 0) is 55.7 Å². The van der Waals surface area contributed by atoms with E-state index in [1.807, 2.05) is 0 Å². The highest BCUT2D eigenvalue weighted by Gasteiger charge is 2.25. The van der Waals surface area contributed by atoms with Crippen LogP contribution in [0.4, 0.5) is 4.39 Å². The van der Waals surface area contributed by atoms with Gasteiger partial charge >= 0.3 is 0 Å². The van der Waals surface area contributed by atoms with E-state index in [2.05, 4.69) is 19.9 Å². The lowest BCUT2D eigenvalue weighted by molar-refractivity contribution is 0.0932. The minimum Gasteiger partial charge on any atom is -0.392 e. The summed E-state index contributed by atoms with van der Waals surface area (Å²) in [6.07, 6.45) is 4.26. The Morgan fingerprint density at radius 1 is 1.47 bits per heavy atom. The van der Waals surface area contributed by atoms with Crippen molar-refractivity contribution in [2.75, 3.05) is 0 Å². The molecule has 3 unspecified atom stereocenters. The lowest BCUT2D eigenvalue weighted by Crippen LogP contribution is -2.27. The number of benzene rings is 1. The maximum absolute atomic E-state index is 13.4. The van der Waals surface area contributed by atoms with E-state index in [1.54, 1.807) is 12.1 Å². The van der Waals surface area contributed by atoms with Gasteiger partial charge in [-0.15, -0.1) is 0 Å². The number of aliphatic hydroxyl groups is 1. The van der Waals surface area contributed by atoms with Crippen molar-refractivity contribution in [3.8, 4) is 0 Å². The zero-order chi connectivity index (χ0) is 14.0. The molecule has 1 aromatic carbocycles. The summed E-state index contributed by atoms with van der Waals surface area (Å²) in [6, 6.07) is 4.75. The second kappa shape index (κ2) is 6.06. The van der Waals surface area contributed by atoms with Gasteiger partial charge < -0.3 is 5.11 Å². The SMILES string of the molecule is CC1=CC(C)CC(C(O)Cc2ccc(Cl)c(F)c2)C1. The maximum atomic E-state index is 13.4. The van der Waals surface area contributed by atoms with Crippen LogP contribution in [0.1, 0.15) is 32.3 Å². The summed E-state index contributed by atoms with van der Waals surface area (Å²) in [7, 11) is 0. The molecule has 0 amide bonds. The maximum Gasteiger partial charge on any atom is 0.142 e. The number of rotatable bonds is 3. The van der Waals surface area contributed by atoms with Gasteiger partial charge in [-0.3, -0.25) is 0 Å². The van der Waals surface area contributed by atoms with Crippen LogP contribution in [-0.2, 0) is 6.42 Å². The average molecular weight is 283 g/mol. The van der Waals surface area contributed by atoms with E-state index in [9.17, 15) is 9.50 Å². The first kappa shape index (κ1) is 14.5. The predicted octanol–water partition coefficient (Wildman–Crippen LogP) is 4.37. The molecule has 1 aromatic rings. The largest absolute Gasteiger partial charge is 0.392 e. The summed E-state index contributed by atoms with van der Waals surface area (Å²) >= 11 is 5.66. The standard InChI is InChI=1S/C16H20ClFO/c1-10-5-11(2)7-13(6-10)16(19)9-12-3-4-14(17)15(18)8-12/h3-5,8,10,13,16,19H,6-7,9H2,1-2H3. The van der Waals surface area contributed by atoms with Crippen LogP contribution in [0.3, 0.4) is 0 Å². The molecule has 0 heterocycles. The smallest absolute Gasteiger partial charge is 0.142 e.